The fraction of sp³-hybridized carbons (Fsp3) is 0.737. The van der Waals surface area contributed by atoms with Gasteiger partial charge in [0.2, 0.25) is 0 Å². The highest BCUT2D eigenvalue weighted by Crippen LogP contribution is 2.15. The van der Waals surface area contributed by atoms with Crippen molar-refractivity contribution in [3.05, 3.63) is 72.9 Å². The van der Waals surface area contributed by atoms with Crippen LogP contribution in [0.4, 0.5) is 0 Å². The van der Waals surface area contributed by atoms with E-state index in [1.807, 2.05) is 0 Å². The molecule has 0 aromatic rings. The molecule has 0 spiro atoms. The fourth-order valence-electron chi connectivity index (χ4n) is 7.24. The minimum atomic E-state index is -0.775. The lowest BCUT2D eigenvalue weighted by molar-refractivity contribution is -0.167. The van der Waals surface area contributed by atoms with Crippen LogP contribution in [0.1, 0.15) is 252 Å². The van der Waals surface area contributed by atoms with Gasteiger partial charge in [-0.3, -0.25) is 14.4 Å². The summed E-state index contributed by atoms with van der Waals surface area (Å²) in [5, 5.41) is 0. The third-order valence-corrected chi connectivity index (χ3v) is 11.2. The average molecular weight is 879 g/mol. The van der Waals surface area contributed by atoms with Crippen LogP contribution in [-0.2, 0) is 28.6 Å². The maximum Gasteiger partial charge on any atom is 0.306 e. The third kappa shape index (κ3) is 49.7. The molecule has 0 aliphatic carbocycles. The molecule has 0 saturated carbocycles. The first-order valence-electron chi connectivity index (χ1n) is 26.4. The van der Waals surface area contributed by atoms with Crippen molar-refractivity contribution < 1.29 is 28.6 Å². The van der Waals surface area contributed by atoms with Crippen molar-refractivity contribution in [2.45, 2.75) is 258 Å². The van der Waals surface area contributed by atoms with Crippen LogP contribution in [0.15, 0.2) is 72.9 Å². The molecule has 0 amide bonds. The number of carbonyl (C=O) groups is 3. The van der Waals surface area contributed by atoms with Crippen LogP contribution < -0.4 is 0 Å². The number of hydrogen-bond donors (Lipinski definition) is 0. The van der Waals surface area contributed by atoms with Gasteiger partial charge in [0.05, 0.1) is 0 Å². The molecule has 1 unspecified atom stereocenters. The van der Waals surface area contributed by atoms with Gasteiger partial charge in [-0.25, -0.2) is 0 Å². The minimum absolute atomic E-state index is 0.0779. The maximum atomic E-state index is 12.7. The normalized spacial score (nSPS) is 12.6. The Balaban J connectivity index is 4.11. The molecule has 0 heterocycles. The molecule has 0 aliphatic rings. The van der Waals surface area contributed by atoms with Crippen molar-refractivity contribution in [1.82, 2.24) is 0 Å². The standard InChI is InChI=1S/C57H98O6/c1-4-7-10-13-16-19-21-22-23-24-25-26-27-28-29-30-31-32-33-34-35-36-37-39-41-44-47-50-56(59)62-53-54(52-61-55(58)49-46-43-40-18-15-12-9-6-3)63-57(60)51-48-45-42-38-20-17-14-11-8-5-2/h7,10-11,14,16,19,22-23,25-26,28-29,54H,4-6,8-9,12-13,15,17-18,20-21,24,27,30-53H2,1-3H3/b10-7-,14-11-,19-16-,23-22-,26-25-,29-28-. The van der Waals surface area contributed by atoms with Crippen LogP contribution in [0.3, 0.4) is 0 Å². The van der Waals surface area contributed by atoms with Crippen molar-refractivity contribution in [1.29, 1.82) is 0 Å². The summed E-state index contributed by atoms with van der Waals surface area (Å²) in [6.07, 6.45) is 64.8. The van der Waals surface area contributed by atoms with Crippen LogP contribution in [0.5, 0.6) is 0 Å². The number of carbonyl (C=O) groups excluding carboxylic acids is 3. The van der Waals surface area contributed by atoms with Crippen LogP contribution in [0.2, 0.25) is 0 Å². The van der Waals surface area contributed by atoms with Crippen LogP contribution in [0.25, 0.3) is 0 Å². The largest absolute Gasteiger partial charge is 0.462 e. The van der Waals surface area contributed by atoms with Crippen LogP contribution in [0, 0.1) is 0 Å². The Bertz CT molecular complexity index is 1190. The predicted octanol–water partition coefficient (Wildman–Crippen LogP) is 17.4. The second-order valence-electron chi connectivity index (χ2n) is 17.4. The predicted molar refractivity (Wildman–Crippen MR) is 270 cm³/mol. The summed E-state index contributed by atoms with van der Waals surface area (Å²) in [5.41, 5.74) is 0. The van der Waals surface area contributed by atoms with Gasteiger partial charge in [-0.2, -0.15) is 0 Å². The highest BCUT2D eigenvalue weighted by Gasteiger charge is 2.19. The Morgan fingerprint density at radius 3 is 1.05 bits per heavy atom. The molecule has 6 nitrogen and oxygen atoms in total. The monoisotopic (exact) mass is 879 g/mol. The molecule has 63 heavy (non-hydrogen) atoms. The second-order valence-corrected chi connectivity index (χ2v) is 17.4. The SMILES string of the molecule is CC/C=C\C/C=C\C/C=C\C/C=C\C/C=C\CCCCCCCCCCCCCC(=O)OCC(COC(=O)CCCCCCCCCC)OC(=O)CCCCCCC/C=C\CCC. The zero-order valence-corrected chi connectivity index (χ0v) is 41.3. The van der Waals surface area contributed by atoms with E-state index in [-0.39, 0.29) is 31.1 Å². The van der Waals surface area contributed by atoms with E-state index < -0.39 is 6.10 Å². The number of hydrogen-bond acceptors (Lipinski definition) is 6. The molecule has 0 rings (SSSR count). The van der Waals surface area contributed by atoms with Crippen molar-refractivity contribution >= 4 is 17.9 Å². The van der Waals surface area contributed by atoms with Gasteiger partial charge < -0.3 is 14.2 Å². The summed E-state index contributed by atoms with van der Waals surface area (Å²) in [7, 11) is 0. The van der Waals surface area contributed by atoms with E-state index in [0.29, 0.717) is 19.3 Å². The van der Waals surface area contributed by atoms with E-state index in [4.69, 9.17) is 14.2 Å². The lowest BCUT2D eigenvalue weighted by Gasteiger charge is -2.18. The summed E-state index contributed by atoms with van der Waals surface area (Å²) >= 11 is 0. The summed E-state index contributed by atoms with van der Waals surface area (Å²) in [6, 6.07) is 0. The highest BCUT2D eigenvalue weighted by molar-refractivity contribution is 5.71. The van der Waals surface area contributed by atoms with Gasteiger partial charge in [0.25, 0.3) is 0 Å². The van der Waals surface area contributed by atoms with Crippen LogP contribution >= 0.6 is 0 Å². The summed E-state index contributed by atoms with van der Waals surface area (Å²) in [6.45, 7) is 6.42. The molecule has 362 valence electrons. The Morgan fingerprint density at radius 1 is 0.333 bits per heavy atom. The fourth-order valence-corrected chi connectivity index (χ4v) is 7.24. The molecule has 6 heteroatoms. The summed E-state index contributed by atoms with van der Waals surface area (Å²) < 4.78 is 16.7. The van der Waals surface area contributed by atoms with Gasteiger partial charge >= 0.3 is 17.9 Å². The maximum absolute atomic E-state index is 12.7. The molecule has 0 saturated heterocycles. The number of esters is 3. The van der Waals surface area contributed by atoms with Gasteiger partial charge in [0, 0.05) is 19.3 Å². The molecule has 0 fully saturated rings. The third-order valence-electron chi connectivity index (χ3n) is 11.2. The second kappa shape index (κ2) is 51.5. The van der Waals surface area contributed by atoms with E-state index in [1.54, 1.807) is 0 Å². The zero-order chi connectivity index (χ0) is 45.8. The van der Waals surface area contributed by atoms with Crippen molar-refractivity contribution in [2.75, 3.05) is 13.2 Å². The first kappa shape index (κ1) is 59.9. The lowest BCUT2D eigenvalue weighted by atomic mass is 10.0. The van der Waals surface area contributed by atoms with E-state index in [2.05, 4.69) is 93.7 Å². The van der Waals surface area contributed by atoms with Gasteiger partial charge in [-0.1, -0.05) is 222 Å². The quantitative estimate of drug-likeness (QED) is 0.0262. The molecule has 1 atom stereocenters. The van der Waals surface area contributed by atoms with E-state index in [0.717, 1.165) is 109 Å². The number of allylic oxidation sites excluding steroid dienone is 12. The first-order valence-corrected chi connectivity index (χ1v) is 26.4. The highest BCUT2D eigenvalue weighted by atomic mass is 16.6. The smallest absolute Gasteiger partial charge is 0.306 e. The minimum Gasteiger partial charge on any atom is -0.462 e. The number of ether oxygens (including phenoxy) is 3. The van der Waals surface area contributed by atoms with Crippen molar-refractivity contribution in [3.63, 3.8) is 0 Å². The lowest BCUT2D eigenvalue weighted by Crippen LogP contribution is -2.30. The molecule has 0 aromatic heterocycles. The van der Waals surface area contributed by atoms with Crippen molar-refractivity contribution in [2.24, 2.45) is 0 Å². The summed E-state index contributed by atoms with van der Waals surface area (Å²) in [4.78, 5) is 37.8. The van der Waals surface area contributed by atoms with Gasteiger partial charge in [-0.15, -0.1) is 0 Å². The first-order chi connectivity index (χ1) is 31.0. The van der Waals surface area contributed by atoms with E-state index >= 15 is 0 Å². The molecule has 0 aromatic carbocycles. The van der Waals surface area contributed by atoms with Crippen molar-refractivity contribution in [3.8, 4) is 0 Å². The number of rotatable bonds is 47. The molecule has 0 radical (unpaired) electrons. The van der Waals surface area contributed by atoms with E-state index in [1.165, 1.54) is 103 Å². The van der Waals surface area contributed by atoms with Gasteiger partial charge in [0.15, 0.2) is 6.10 Å². The Labute approximate surface area is 389 Å². The average Bonchev–Trinajstić information content (AvgIpc) is 3.28. The van der Waals surface area contributed by atoms with E-state index in [9.17, 15) is 14.4 Å². The van der Waals surface area contributed by atoms with Crippen LogP contribution in [-0.4, -0.2) is 37.2 Å². The molecular weight excluding hydrogens is 781 g/mol. The zero-order valence-electron chi connectivity index (χ0n) is 41.3. The molecular formula is C57H98O6. The summed E-state index contributed by atoms with van der Waals surface area (Å²) in [5.74, 6) is -0.895. The Hall–Kier alpha value is -3.15. The molecule has 0 aliphatic heterocycles. The topological polar surface area (TPSA) is 78.9 Å². The Morgan fingerprint density at radius 2 is 0.651 bits per heavy atom. The Kier molecular flexibility index (Phi) is 48.9. The molecule has 0 bridgehead atoms. The number of unbranched alkanes of at least 4 members (excludes halogenated alkanes) is 24. The van der Waals surface area contributed by atoms with Gasteiger partial charge in [-0.05, 0) is 83.5 Å². The van der Waals surface area contributed by atoms with Gasteiger partial charge in [0.1, 0.15) is 13.2 Å². The molecule has 0 N–H and O–H groups in total.